The molecule has 112 valence electrons. The summed E-state index contributed by atoms with van der Waals surface area (Å²) in [5.41, 5.74) is 0. The van der Waals surface area contributed by atoms with Crippen molar-refractivity contribution in [2.75, 3.05) is 30.3 Å². The van der Waals surface area contributed by atoms with Crippen LogP contribution in [0.2, 0.25) is 0 Å². The number of hydrogen-bond donors (Lipinski definition) is 3. The molecule has 0 unspecified atom stereocenters. The van der Waals surface area contributed by atoms with Crippen LogP contribution in [0.15, 0.2) is 0 Å². The van der Waals surface area contributed by atoms with Crippen LogP contribution in [0.3, 0.4) is 0 Å². The van der Waals surface area contributed by atoms with Crippen molar-refractivity contribution in [3.05, 3.63) is 0 Å². The molecule has 0 fully saturated rings. The molecule has 0 aliphatic heterocycles. The average molecular weight is 282 g/mol. The third kappa shape index (κ3) is 5.68. The summed E-state index contributed by atoms with van der Waals surface area (Å²) in [7, 11) is 0. The van der Waals surface area contributed by atoms with Gasteiger partial charge in [0.2, 0.25) is 17.8 Å². The zero-order valence-electron chi connectivity index (χ0n) is 12.4. The number of aromatic nitrogens is 3. The minimum atomic E-state index is -0.122. The van der Waals surface area contributed by atoms with Gasteiger partial charge in [-0.05, 0) is 27.7 Å². The van der Waals surface area contributed by atoms with Crippen LogP contribution in [0.25, 0.3) is 0 Å². The highest BCUT2D eigenvalue weighted by atomic mass is 16.5. The summed E-state index contributed by atoms with van der Waals surface area (Å²) >= 11 is 0. The standard InChI is InChI=1S/C12H22N6O2/c1-5-13-10-16-11(18-12(17-10)20-6-2)14-7-9(19)15-8(3)4/h8H,5-7H2,1-4H3,(H,15,19)(H2,13,14,16,17,18). The molecule has 1 amide bonds. The van der Waals surface area contributed by atoms with Gasteiger partial charge in [0.05, 0.1) is 13.2 Å². The first-order valence-corrected chi connectivity index (χ1v) is 6.71. The van der Waals surface area contributed by atoms with E-state index in [1.807, 2.05) is 27.7 Å². The maximum absolute atomic E-state index is 11.6. The molecular formula is C12H22N6O2. The number of anilines is 2. The molecule has 1 aromatic rings. The van der Waals surface area contributed by atoms with Gasteiger partial charge in [-0.1, -0.05) is 0 Å². The predicted octanol–water partition coefficient (Wildman–Crippen LogP) is 0.639. The zero-order chi connectivity index (χ0) is 15.0. The molecule has 1 heterocycles. The molecule has 20 heavy (non-hydrogen) atoms. The van der Waals surface area contributed by atoms with Crippen LogP contribution < -0.4 is 20.7 Å². The molecule has 0 saturated carbocycles. The van der Waals surface area contributed by atoms with Crippen molar-refractivity contribution in [1.82, 2.24) is 20.3 Å². The van der Waals surface area contributed by atoms with E-state index < -0.39 is 0 Å². The van der Waals surface area contributed by atoms with Crippen molar-refractivity contribution in [2.24, 2.45) is 0 Å². The molecule has 0 aliphatic rings. The summed E-state index contributed by atoms with van der Waals surface area (Å²) in [4.78, 5) is 23.9. The lowest BCUT2D eigenvalue weighted by molar-refractivity contribution is -0.119. The molecule has 0 saturated heterocycles. The Kier molecular flexibility index (Phi) is 6.48. The molecule has 8 heteroatoms. The van der Waals surface area contributed by atoms with E-state index in [-0.39, 0.29) is 24.5 Å². The van der Waals surface area contributed by atoms with E-state index in [0.717, 1.165) is 0 Å². The van der Waals surface area contributed by atoms with Crippen molar-refractivity contribution < 1.29 is 9.53 Å². The first kappa shape index (κ1) is 15.9. The maximum Gasteiger partial charge on any atom is 0.323 e. The molecule has 0 aromatic carbocycles. The van der Waals surface area contributed by atoms with Crippen LogP contribution in [0.1, 0.15) is 27.7 Å². The van der Waals surface area contributed by atoms with Gasteiger partial charge in [0.1, 0.15) is 0 Å². The monoisotopic (exact) mass is 282 g/mol. The van der Waals surface area contributed by atoms with E-state index in [1.54, 1.807) is 0 Å². The Hall–Kier alpha value is -2.12. The third-order valence-electron chi connectivity index (χ3n) is 2.08. The Morgan fingerprint density at radius 1 is 1.15 bits per heavy atom. The SMILES string of the molecule is CCNc1nc(NCC(=O)NC(C)C)nc(OCC)n1. The van der Waals surface area contributed by atoms with E-state index in [9.17, 15) is 4.79 Å². The minimum absolute atomic E-state index is 0.0963. The summed E-state index contributed by atoms with van der Waals surface area (Å²) in [6.07, 6.45) is 0. The van der Waals surface area contributed by atoms with Gasteiger partial charge in [-0.3, -0.25) is 4.79 Å². The number of carbonyl (C=O) groups excluding carboxylic acids is 1. The fourth-order valence-electron chi connectivity index (χ4n) is 1.40. The van der Waals surface area contributed by atoms with Gasteiger partial charge in [-0.15, -0.1) is 0 Å². The van der Waals surface area contributed by atoms with Gasteiger partial charge in [-0.25, -0.2) is 0 Å². The number of carbonyl (C=O) groups is 1. The smallest absolute Gasteiger partial charge is 0.323 e. The molecule has 8 nitrogen and oxygen atoms in total. The van der Waals surface area contributed by atoms with Gasteiger partial charge in [0, 0.05) is 12.6 Å². The second-order valence-electron chi connectivity index (χ2n) is 4.30. The van der Waals surface area contributed by atoms with Crippen molar-refractivity contribution in [1.29, 1.82) is 0 Å². The number of rotatable bonds is 8. The summed E-state index contributed by atoms with van der Waals surface area (Å²) in [6.45, 7) is 8.83. The summed E-state index contributed by atoms with van der Waals surface area (Å²) < 4.78 is 5.26. The van der Waals surface area contributed by atoms with Crippen LogP contribution in [0, 0.1) is 0 Å². The third-order valence-corrected chi connectivity index (χ3v) is 2.08. The van der Waals surface area contributed by atoms with Crippen LogP contribution in [0.5, 0.6) is 6.01 Å². The Bertz CT molecular complexity index is 414. The van der Waals surface area contributed by atoms with Crippen LogP contribution in [-0.4, -0.2) is 46.6 Å². The van der Waals surface area contributed by atoms with E-state index >= 15 is 0 Å². The maximum atomic E-state index is 11.6. The normalized spacial score (nSPS) is 10.2. The Labute approximate surface area is 118 Å². The first-order valence-electron chi connectivity index (χ1n) is 6.71. The summed E-state index contributed by atoms with van der Waals surface area (Å²) in [6, 6.07) is 0.323. The quantitative estimate of drug-likeness (QED) is 0.643. The van der Waals surface area contributed by atoms with E-state index in [4.69, 9.17) is 4.74 Å². The largest absolute Gasteiger partial charge is 0.464 e. The van der Waals surface area contributed by atoms with Gasteiger partial charge in [0.25, 0.3) is 0 Å². The van der Waals surface area contributed by atoms with Crippen molar-refractivity contribution in [3.8, 4) is 6.01 Å². The zero-order valence-corrected chi connectivity index (χ0v) is 12.4. The van der Waals surface area contributed by atoms with E-state index in [0.29, 0.717) is 25.0 Å². The molecule has 0 radical (unpaired) electrons. The minimum Gasteiger partial charge on any atom is -0.464 e. The van der Waals surface area contributed by atoms with Crippen LogP contribution in [0.4, 0.5) is 11.9 Å². The summed E-state index contributed by atoms with van der Waals surface area (Å²) in [5, 5.41) is 8.61. The Morgan fingerprint density at radius 3 is 2.35 bits per heavy atom. The van der Waals surface area contributed by atoms with Gasteiger partial charge in [0.15, 0.2) is 0 Å². The fourth-order valence-corrected chi connectivity index (χ4v) is 1.40. The number of nitrogens with one attached hydrogen (secondary N) is 3. The predicted molar refractivity (Wildman–Crippen MR) is 76.9 cm³/mol. The van der Waals surface area contributed by atoms with Crippen molar-refractivity contribution >= 4 is 17.8 Å². The van der Waals surface area contributed by atoms with E-state index in [2.05, 4.69) is 30.9 Å². The molecular weight excluding hydrogens is 260 g/mol. The van der Waals surface area contributed by atoms with Crippen molar-refractivity contribution in [2.45, 2.75) is 33.7 Å². The fraction of sp³-hybridized carbons (Fsp3) is 0.667. The van der Waals surface area contributed by atoms with Crippen LogP contribution >= 0.6 is 0 Å². The Balaban J connectivity index is 2.69. The number of hydrogen-bond acceptors (Lipinski definition) is 7. The average Bonchev–Trinajstić information content (AvgIpc) is 2.36. The second kappa shape index (κ2) is 8.13. The van der Waals surface area contributed by atoms with Gasteiger partial charge in [-0.2, -0.15) is 15.0 Å². The lowest BCUT2D eigenvalue weighted by atomic mass is 10.4. The highest BCUT2D eigenvalue weighted by molar-refractivity contribution is 5.80. The number of amides is 1. The number of ether oxygens (including phenoxy) is 1. The molecule has 1 rings (SSSR count). The topological polar surface area (TPSA) is 101 Å². The molecule has 0 atom stereocenters. The van der Waals surface area contributed by atoms with E-state index in [1.165, 1.54) is 0 Å². The molecule has 1 aromatic heterocycles. The van der Waals surface area contributed by atoms with Gasteiger partial charge < -0.3 is 20.7 Å². The summed E-state index contributed by atoms with van der Waals surface area (Å²) in [5.74, 6) is 0.597. The highest BCUT2D eigenvalue weighted by Crippen LogP contribution is 2.10. The first-order chi connectivity index (χ1) is 9.55. The van der Waals surface area contributed by atoms with Crippen LogP contribution in [-0.2, 0) is 4.79 Å². The molecule has 0 bridgehead atoms. The van der Waals surface area contributed by atoms with Gasteiger partial charge >= 0.3 is 6.01 Å². The molecule has 3 N–H and O–H groups in total. The second-order valence-corrected chi connectivity index (χ2v) is 4.30. The lowest BCUT2D eigenvalue weighted by Crippen LogP contribution is -2.35. The highest BCUT2D eigenvalue weighted by Gasteiger charge is 2.08. The Morgan fingerprint density at radius 2 is 1.80 bits per heavy atom. The molecule has 0 aliphatic carbocycles. The van der Waals surface area contributed by atoms with Crippen molar-refractivity contribution in [3.63, 3.8) is 0 Å². The lowest BCUT2D eigenvalue weighted by Gasteiger charge is -2.11. The number of nitrogens with zero attached hydrogens (tertiary/aromatic N) is 3. The molecule has 0 spiro atoms.